The summed E-state index contributed by atoms with van der Waals surface area (Å²) in [7, 11) is 2.08. The van der Waals surface area contributed by atoms with Gasteiger partial charge in [-0.2, -0.15) is 0 Å². The Morgan fingerprint density at radius 3 is 2.73 bits per heavy atom. The molecule has 2 aromatic rings. The topological polar surface area (TPSA) is 29.9 Å². The Kier molecular flexibility index (Phi) is 1.86. The van der Waals surface area contributed by atoms with Crippen LogP contribution < -0.4 is 5.32 Å². The first kappa shape index (κ1) is 8.68. The molecule has 3 heteroatoms. The number of rotatable bonds is 1. The average Bonchev–Trinajstić information content (AvgIpc) is 2.83. The van der Waals surface area contributed by atoms with Gasteiger partial charge in [0.1, 0.15) is 5.82 Å². The Bertz CT molecular complexity index is 485. The van der Waals surface area contributed by atoms with Gasteiger partial charge in [0.15, 0.2) is 0 Å². The van der Waals surface area contributed by atoms with Crippen LogP contribution in [-0.2, 0) is 20.1 Å². The van der Waals surface area contributed by atoms with Gasteiger partial charge in [-0.25, -0.2) is 4.98 Å². The number of benzene rings is 1. The lowest BCUT2D eigenvalue weighted by Crippen LogP contribution is -2.06. The van der Waals surface area contributed by atoms with E-state index in [9.17, 15) is 0 Å². The predicted molar refractivity (Wildman–Crippen MR) is 59.2 cm³/mol. The summed E-state index contributed by atoms with van der Waals surface area (Å²) in [6.07, 6.45) is 0. The van der Waals surface area contributed by atoms with Crippen molar-refractivity contribution in [2.24, 2.45) is 7.05 Å². The molecule has 0 radical (unpaired) electrons. The minimum absolute atomic E-state index is 0.899. The van der Waals surface area contributed by atoms with Crippen molar-refractivity contribution in [1.29, 1.82) is 0 Å². The van der Waals surface area contributed by atoms with Gasteiger partial charge in [0.25, 0.3) is 0 Å². The first-order chi connectivity index (χ1) is 7.36. The molecule has 1 aliphatic rings. The molecular weight excluding hydrogens is 186 g/mol. The fourth-order valence-corrected chi connectivity index (χ4v) is 2.10. The van der Waals surface area contributed by atoms with Crippen LogP contribution >= 0.6 is 0 Å². The van der Waals surface area contributed by atoms with E-state index in [1.54, 1.807) is 0 Å². The van der Waals surface area contributed by atoms with E-state index < -0.39 is 0 Å². The van der Waals surface area contributed by atoms with Crippen molar-refractivity contribution in [3.05, 3.63) is 41.7 Å². The van der Waals surface area contributed by atoms with Gasteiger partial charge in [-0.1, -0.05) is 30.3 Å². The zero-order valence-electron chi connectivity index (χ0n) is 8.70. The van der Waals surface area contributed by atoms with Crippen molar-refractivity contribution in [1.82, 2.24) is 14.9 Å². The van der Waals surface area contributed by atoms with E-state index in [1.807, 2.05) is 18.2 Å². The third-order valence-corrected chi connectivity index (χ3v) is 2.91. The van der Waals surface area contributed by atoms with Crippen molar-refractivity contribution >= 4 is 0 Å². The largest absolute Gasteiger partial charge is 0.330 e. The fraction of sp³-hybridized carbons (Fsp3) is 0.250. The molecule has 0 atom stereocenters. The molecule has 0 bridgehead atoms. The van der Waals surface area contributed by atoms with Crippen LogP contribution in [0.4, 0.5) is 0 Å². The van der Waals surface area contributed by atoms with Gasteiger partial charge in [0.2, 0.25) is 0 Å². The van der Waals surface area contributed by atoms with E-state index in [-0.39, 0.29) is 0 Å². The maximum atomic E-state index is 4.66. The van der Waals surface area contributed by atoms with Crippen molar-refractivity contribution < 1.29 is 0 Å². The standard InChI is InChI=1S/C12H13N3/c1-15-11-8-13-7-10(11)14-12(15)9-5-3-2-4-6-9/h2-6,13H,7-8H2,1H3. The van der Waals surface area contributed by atoms with Crippen LogP contribution in [0.1, 0.15) is 11.4 Å². The van der Waals surface area contributed by atoms with E-state index in [4.69, 9.17) is 0 Å². The van der Waals surface area contributed by atoms with Crippen LogP contribution in [0.15, 0.2) is 30.3 Å². The Labute approximate surface area is 88.8 Å². The highest BCUT2D eigenvalue weighted by atomic mass is 15.1. The van der Waals surface area contributed by atoms with E-state index in [0.717, 1.165) is 18.9 Å². The number of aromatic nitrogens is 2. The maximum absolute atomic E-state index is 4.66. The molecule has 1 aromatic heterocycles. The molecule has 0 fully saturated rings. The maximum Gasteiger partial charge on any atom is 0.140 e. The summed E-state index contributed by atoms with van der Waals surface area (Å²) in [6, 6.07) is 10.3. The van der Waals surface area contributed by atoms with E-state index >= 15 is 0 Å². The van der Waals surface area contributed by atoms with Crippen molar-refractivity contribution in [3.63, 3.8) is 0 Å². The van der Waals surface area contributed by atoms with Crippen molar-refractivity contribution in [3.8, 4) is 11.4 Å². The second-order valence-electron chi connectivity index (χ2n) is 3.86. The first-order valence-corrected chi connectivity index (χ1v) is 5.17. The van der Waals surface area contributed by atoms with Crippen LogP contribution in [0.5, 0.6) is 0 Å². The van der Waals surface area contributed by atoms with Crippen molar-refractivity contribution in [2.75, 3.05) is 0 Å². The Balaban J connectivity index is 2.14. The fourth-order valence-electron chi connectivity index (χ4n) is 2.10. The molecule has 1 aliphatic heterocycles. The van der Waals surface area contributed by atoms with Crippen LogP contribution in [0.25, 0.3) is 11.4 Å². The van der Waals surface area contributed by atoms with Crippen molar-refractivity contribution in [2.45, 2.75) is 13.1 Å². The molecule has 0 saturated heterocycles. The SMILES string of the molecule is Cn1c(-c2ccccc2)nc2c1CNC2. The number of fused-ring (bicyclic) bond motifs is 1. The quantitative estimate of drug-likeness (QED) is 0.757. The van der Waals surface area contributed by atoms with Gasteiger partial charge < -0.3 is 9.88 Å². The number of nitrogens with one attached hydrogen (secondary N) is 1. The Hall–Kier alpha value is -1.61. The molecule has 15 heavy (non-hydrogen) atoms. The summed E-state index contributed by atoms with van der Waals surface area (Å²) in [5, 5.41) is 3.30. The average molecular weight is 199 g/mol. The van der Waals surface area contributed by atoms with E-state index in [1.165, 1.54) is 17.0 Å². The number of imidazole rings is 1. The number of hydrogen-bond donors (Lipinski definition) is 1. The molecule has 0 amide bonds. The number of nitrogens with zero attached hydrogens (tertiary/aromatic N) is 2. The minimum atomic E-state index is 0.899. The van der Waals surface area contributed by atoms with Gasteiger partial charge in [0, 0.05) is 25.7 Å². The van der Waals surface area contributed by atoms with Crippen LogP contribution in [0.2, 0.25) is 0 Å². The van der Waals surface area contributed by atoms with Gasteiger partial charge in [-0.3, -0.25) is 0 Å². The lowest BCUT2D eigenvalue weighted by molar-refractivity contribution is 0.716. The first-order valence-electron chi connectivity index (χ1n) is 5.17. The van der Waals surface area contributed by atoms with Gasteiger partial charge in [-0.05, 0) is 0 Å². The van der Waals surface area contributed by atoms with Crippen LogP contribution in [0.3, 0.4) is 0 Å². The highest BCUT2D eigenvalue weighted by Gasteiger charge is 2.19. The number of hydrogen-bond acceptors (Lipinski definition) is 2. The molecule has 2 heterocycles. The Morgan fingerprint density at radius 1 is 1.20 bits per heavy atom. The van der Waals surface area contributed by atoms with Crippen LogP contribution in [-0.4, -0.2) is 9.55 Å². The summed E-state index contributed by atoms with van der Waals surface area (Å²) >= 11 is 0. The van der Waals surface area contributed by atoms with Gasteiger partial charge >= 0.3 is 0 Å². The molecule has 3 nitrogen and oxygen atoms in total. The molecule has 76 valence electrons. The molecule has 0 spiro atoms. The lowest BCUT2D eigenvalue weighted by atomic mass is 10.2. The summed E-state index contributed by atoms with van der Waals surface area (Å²) in [5.41, 5.74) is 3.69. The highest BCUT2D eigenvalue weighted by molar-refractivity contribution is 5.57. The van der Waals surface area contributed by atoms with Gasteiger partial charge in [-0.15, -0.1) is 0 Å². The Morgan fingerprint density at radius 2 is 2.00 bits per heavy atom. The molecule has 0 aliphatic carbocycles. The molecule has 0 unspecified atom stereocenters. The van der Waals surface area contributed by atoms with Crippen LogP contribution in [0, 0.1) is 0 Å². The van der Waals surface area contributed by atoms with Gasteiger partial charge in [0.05, 0.1) is 11.4 Å². The summed E-state index contributed by atoms with van der Waals surface area (Å²) in [4.78, 5) is 4.66. The summed E-state index contributed by atoms with van der Waals surface area (Å²) in [6.45, 7) is 1.83. The molecule has 3 rings (SSSR count). The second-order valence-corrected chi connectivity index (χ2v) is 3.86. The highest BCUT2D eigenvalue weighted by Crippen LogP contribution is 2.23. The van der Waals surface area contributed by atoms with E-state index in [2.05, 4.69) is 34.0 Å². The third-order valence-electron chi connectivity index (χ3n) is 2.91. The molecular formula is C12H13N3. The smallest absolute Gasteiger partial charge is 0.140 e. The zero-order valence-corrected chi connectivity index (χ0v) is 8.70. The zero-order chi connectivity index (χ0) is 10.3. The molecule has 1 N–H and O–H groups in total. The normalized spacial score (nSPS) is 14.2. The van der Waals surface area contributed by atoms with E-state index in [0.29, 0.717) is 0 Å². The lowest BCUT2D eigenvalue weighted by Gasteiger charge is -2.04. The minimum Gasteiger partial charge on any atom is -0.330 e. The predicted octanol–water partition coefficient (Wildman–Crippen LogP) is 1.69. The third kappa shape index (κ3) is 1.27. The monoisotopic (exact) mass is 199 g/mol. The summed E-state index contributed by atoms with van der Waals surface area (Å²) < 4.78 is 2.19. The molecule has 0 saturated carbocycles. The molecule has 1 aromatic carbocycles. The summed E-state index contributed by atoms with van der Waals surface area (Å²) in [5.74, 6) is 1.07. The second kappa shape index (κ2) is 3.21.